The molecule has 3 fully saturated rings. The molecule has 0 saturated carbocycles. The summed E-state index contributed by atoms with van der Waals surface area (Å²) in [7, 11) is 0. The molecule has 14 heteroatoms. The number of alkyl carbamates (subject to hydrolysis) is 1. The summed E-state index contributed by atoms with van der Waals surface area (Å²) < 4.78 is 64.5. The van der Waals surface area contributed by atoms with E-state index in [0.717, 1.165) is 24.9 Å². The number of nitrogens with zero attached hydrogens (tertiary/aromatic N) is 5. The normalized spacial score (nSPS) is 23.7. The lowest BCUT2D eigenvalue weighted by molar-refractivity contribution is 0.0733. The Hall–Kier alpha value is -5.50. The van der Waals surface area contributed by atoms with Gasteiger partial charge in [-0.25, -0.2) is 22.8 Å². The molecule has 5 aliphatic heterocycles. The van der Waals surface area contributed by atoms with Gasteiger partial charge < -0.3 is 24.4 Å². The quantitative estimate of drug-likeness (QED) is 0.141. The van der Waals surface area contributed by atoms with E-state index in [1.54, 1.807) is 18.3 Å². The number of carbonyl (C=O) groups is 2. The third-order valence-electron chi connectivity index (χ3n) is 12.1. The molecular formula is C43H43F3N6O5. The van der Waals surface area contributed by atoms with Gasteiger partial charge in [-0.15, -0.1) is 0 Å². The Morgan fingerprint density at radius 1 is 1.07 bits per heavy atom. The van der Waals surface area contributed by atoms with E-state index in [4.69, 9.17) is 24.2 Å². The predicted octanol–water partition coefficient (Wildman–Crippen LogP) is 7.64. The summed E-state index contributed by atoms with van der Waals surface area (Å²) in [6.45, 7) is 5.79. The molecule has 0 aliphatic carbocycles. The molecular weight excluding hydrogens is 738 g/mol. The number of benzene rings is 3. The number of hydrogen-bond donors (Lipinski definition) is 1. The number of aromatic nitrogens is 3. The summed E-state index contributed by atoms with van der Waals surface area (Å²) in [6.07, 6.45) is 4.46. The van der Waals surface area contributed by atoms with Gasteiger partial charge in [-0.3, -0.25) is 9.88 Å². The molecule has 2 aromatic heterocycles. The van der Waals surface area contributed by atoms with E-state index in [-0.39, 0.29) is 47.3 Å². The summed E-state index contributed by atoms with van der Waals surface area (Å²) >= 11 is 0. The number of rotatable bonds is 5. The summed E-state index contributed by atoms with van der Waals surface area (Å²) in [5, 5.41) is 4.72. The number of esters is 1. The second-order valence-electron chi connectivity index (χ2n) is 16.1. The predicted molar refractivity (Wildman–Crippen MR) is 208 cm³/mol. The molecule has 1 amide bonds. The maximum absolute atomic E-state index is 17.5. The van der Waals surface area contributed by atoms with Crippen LogP contribution in [0, 0.1) is 18.6 Å². The Kier molecular flexibility index (Phi) is 9.41. The largest absolute Gasteiger partial charge is 0.461 e. The van der Waals surface area contributed by atoms with Crippen molar-refractivity contribution in [2.75, 3.05) is 44.3 Å². The second-order valence-corrected chi connectivity index (χ2v) is 16.1. The third kappa shape index (κ3) is 6.87. The van der Waals surface area contributed by atoms with E-state index in [9.17, 15) is 18.4 Å². The minimum Gasteiger partial charge on any atom is -0.461 e. The molecule has 3 atom stereocenters. The van der Waals surface area contributed by atoms with Crippen LogP contribution in [0.3, 0.4) is 0 Å². The van der Waals surface area contributed by atoms with E-state index in [1.807, 2.05) is 30.0 Å². The van der Waals surface area contributed by atoms with Gasteiger partial charge in [0.15, 0.2) is 5.82 Å². The Balaban J connectivity index is 1.21. The first-order valence-corrected chi connectivity index (χ1v) is 19.6. The van der Waals surface area contributed by atoms with E-state index in [2.05, 4.69) is 15.2 Å². The number of pyridine rings is 1. The van der Waals surface area contributed by atoms with Crippen molar-refractivity contribution in [1.82, 2.24) is 25.2 Å². The Bertz CT molecular complexity index is 2430. The van der Waals surface area contributed by atoms with Crippen molar-refractivity contribution in [3.8, 4) is 23.0 Å². The lowest BCUT2D eigenvalue weighted by Gasteiger charge is -2.41. The van der Waals surface area contributed by atoms with Crippen molar-refractivity contribution < 1.29 is 37.0 Å². The van der Waals surface area contributed by atoms with Gasteiger partial charge >= 0.3 is 18.1 Å². The van der Waals surface area contributed by atoms with Crippen molar-refractivity contribution in [3.05, 3.63) is 83.1 Å². The van der Waals surface area contributed by atoms with Crippen molar-refractivity contribution >= 4 is 39.6 Å². The average molecular weight is 781 g/mol. The number of anilines is 1. The highest BCUT2D eigenvalue weighted by Gasteiger charge is 2.49. The summed E-state index contributed by atoms with van der Waals surface area (Å²) in [5.41, 5.74) is 0.155. The van der Waals surface area contributed by atoms with Crippen molar-refractivity contribution in [2.24, 2.45) is 0 Å². The summed E-state index contributed by atoms with van der Waals surface area (Å²) in [5.74, 6) is -1.53. The molecule has 6 bridgehead atoms. The number of piperidine rings is 1. The number of amides is 1. The van der Waals surface area contributed by atoms with Crippen LogP contribution < -0.4 is 19.7 Å². The number of fused-ring (bicyclic) bond motifs is 7. The minimum absolute atomic E-state index is 0.0251. The Morgan fingerprint density at radius 2 is 1.91 bits per heavy atom. The standard InChI is InChI=1S/C43H43F3N6O5/c1-25-30(11-4-12-33(25)45)39(53)57-29-18-27-9-3-8-26-10-5-17-55-41(54)50-42(2)13-6-15-51(23-42)38-32-21-47-36(31(19-29)34(26)27)35(46)37(32)48-40(49-38)56-24-43-14-7-16-52(43)22-28(44)20-43/h3-4,8-9,11-12,18-19,21,28H,5-7,10,13-17,20,22-24H2,1-2H3,(H,50,54)/t28-,42-,43+/m1/s1. The molecule has 11 nitrogen and oxygen atoms in total. The highest BCUT2D eigenvalue weighted by molar-refractivity contribution is 6.02. The highest BCUT2D eigenvalue weighted by Crippen LogP contribution is 2.42. The number of nitrogens with one attached hydrogen (secondary N) is 1. The molecule has 7 heterocycles. The zero-order valence-corrected chi connectivity index (χ0v) is 31.9. The second kappa shape index (κ2) is 14.5. The van der Waals surface area contributed by atoms with Crippen LogP contribution in [0.4, 0.5) is 23.8 Å². The van der Waals surface area contributed by atoms with Gasteiger partial charge in [0.1, 0.15) is 41.4 Å². The van der Waals surface area contributed by atoms with Crippen molar-refractivity contribution in [3.63, 3.8) is 0 Å². The van der Waals surface area contributed by atoms with Gasteiger partial charge in [0, 0.05) is 37.8 Å². The Morgan fingerprint density at radius 3 is 2.79 bits per heavy atom. The smallest absolute Gasteiger partial charge is 0.407 e. The van der Waals surface area contributed by atoms with Gasteiger partial charge in [0.2, 0.25) is 0 Å². The maximum atomic E-state index is 17.5. The molecule has 296 valence electrons. The lowest BCUT2D eigenvalue weighted by Crippen LogP contribution is -2.57. The van der Waals surface area contributed by atoms with Gasteiger partial charge in [-0.2, -0.15) is 9.97 Å². The molecule has 0 spiro atoms. The average Bonchev–Trinajstić information content (AvgIpc) is 3.71. The molecule has 5 aromatic rings. The fraction of sp³-hybridized carbons (Fsp3) is 0.419. The first kappa shape index (κ1) is 37.1. The van der Waals surface area contributed by atoms with E-state index < -0.39 is 40.9 Å². The SMILES string of the molecule is Cc1c(F)cccc1C(=O)Oc1cc2c3c(cccc3c1)CCCOC(=O)N[C@]1(C)CCCN(C1)c1nc(OC[C@@]34CCCN3C[C@H](F)C4)nc3c(F)c-2ncc13. The van der Waals surface area contributed by atoms with Crippen LogP contribution in [0.5, 0.6) is 11.8 Å². The number of alkyl halides is 1. The third-order valence-corrected chi connectivity index (χ3v) is 12.1. The van der Waals surface area contributed by atoms with Crippen molar-refractivity contribution in [1.29, 1.82) is 0 Å². The fourth-order valence-electron chi connectivity index (χ4n) is 9.32. The van der Waals surface area contributed by atoms with Crippen molar-refractivity contribution in [2.45, 2.75) is 76.0 Å². The number of carbonyl (C=O) groups excluding carboxylic acids is 2. The number of halogens is 3. The van der Waals surface area contributed by atoms with Crippen LogP contribution in [0.2, 0.25) is 0 Å². The molecule has 3 aromatic carbocycles. The molecule has 1 N–H and O–H groups in total. The van der Waals surface area contributed by atoms with E-state index in [1.165, 1.54) is 25.1 Å². The van der Waals surface area contributed by atoms with Crippen LogP contribution in [0.25, 0.3) is 32.9 Å². The molecule has 10 rings (SSSR count). The highest BCUT2D eigenvalue weighted by atomic mass is 19.1. The van der Waals surface area contributed by atoms with Crippen LogP contribution in [-0.2, 0) is 11.2 Å². The van der Waals surface area contributed by atoms with E-state index in [0.29, 0.717) is 79.3 Å². The molecule has 0 unspecified atom stereocenters. The van der Waals surface area contributed by atoms with Crippen LogP contribution in [0.15, 0.2) is 54.7 Å². The molecule has 0 radical (unpaired) electrons. The maximum Gasteiger partial charge on any atom is 0.407 e. The first-order valence-electron chi connectivity index (χ1n) is 19.6. The zero-order chi connectivity index (χ0) is 39.5. The monoisotopic (exact) mass is 780 g/mol. The number of hydrogen-bond acceptors (Lipinski definition) is 10. The van der Waals surface area contributed by atoms with Gasteiger partial charge in [0.05, 0.1) is 28.6 Å². The lowest BCUT2D eigenvalue weighted by atomic mass is 9.91. The Labute approximate surface area is 327 Å². The molecule has 57 heavy (non-hydrogen) atoms. The number of aryl methyl sites for hydroxylation is 1. The van der Waals surface area contributed by atoms with Crippen LogP contribution >= 0.6 is 0 Å². The van der Waals surface area contributed by atoms with E-state index >= 15 is 4.39 Å². The van der Waals surface area contributed by atoms with Gasteiger partial charge in [0.25, 0.3) is 0 Å². The summed E-state index contributed by atoms with van der Waals surface area (Å²) in [6, 6.07) is 13.0. The van der Waals surface area contributed by atoms with Gasteiger partial charge in [-0.1, -0.05) is 24.3 Å². The molecule has 5 aliphatic rings. The fourth-order valence-corrected chi connectivity index (χ4v) is 9.32. The minimum atomic E-state index is -0.957. The summed E-state index contributed by atoms with van der Waals surface area (Å²) in [4.78, 5) is 44.9. The van der Waals surface area contributed by atoms with Gasteiger partial charge in [-0.05, 0) is 105 Å². The van der Waals surface area contributed by atoms with Crippen LogP contribution in [-0.4, -0.2) is 88.6 Å². The first-order chi connectivity index (χ1) is 27.5. The van der Waals surface area contributed by atoms with Crippen LogP contribution in [0.1, 0.15) is 66.9 Å². The molecule has 3 saturated heterocycles. The topological polar surface area (TPSA) is 119 Å². The number of ether oxygens (including phenoxy) is 3. The zero-order valence-electron chi connectivity index (χ0n) is 31.9.